The van der Waals surface area contributed by atoms with Crippen molar-refractivity contribution in [2.75, 3.05) is 6.61 Å². The van der Waals surface area contributed by atoms with E-state index in [2.05, 4.69) is 10.5 Å². The molecule has 0 saturated heterocycles. The van der Waals surface area contributed by atoms with Crippen molar-refractivity contribution in [2.24, 2.45) is 5.10 Å². The van der Waals surface area contributed by atoms with Gasteiger partial charge in [0.2, 0.25) is 0 Å². The van der Waals surface area contributed by atoms with E-state index >= 15 is 0 Å². The molecule has 2 N–H and O–H groups in total. The Kier molecular flexibility index (Phi) is 4.93. The second-order valence-electron chi connectivity index (χ2n) is 4.25. The average Bonchev–Trinajstić information content (AvgIpc) is 2.49. The fourth-order valence-corrected chi connectivity index (χ4v) is 1.69. The lowest BCUT2D eigenvalue weighted by Gasteiger charge is -2.02. The molecule has 0 saturated carbocycles. The first-order valence-electron chi connectivity index (χ1n) is 6.54. The third-order valence-corrected chi connectivity index (χ3v) is 2.68. The Morgan fingerprint density at radius 3 is 2.71 bits per heavy atom. The van der Waals surface area contributed by atoms with Crippen LogP contribution >= 0.6 is 0 Å². The van der Waals surface area contributed by atoms with E-state index in [0.29, 0.717) is 12.2 Å². The second kappa shape index (κ2) is 7.09. The number of phenolic OH excluding ortho intramolecular Hbond substituents is 1. The molecule has 2 aromatic carbocycles. The highest BCUT2D eigenvalue weighted by molar-refractivity contribution is 5.95. The number of nitrogens with zero attached hydrogens (tertiary/aromatic N) is 1. The SMILES string of the molecule is CCOc1ccc(/C=N/NC(=O)c2cccc(O)c2)cc1. The van der Waals surface area contributed by atoms with Gasteiger partial charge in [-0.2, -0.15) is 5.10 Å². The molecular weight excluding hydrogens is 268 g/mol. The standard InChI is InChI=1S/C16H16N2O3/c1-2-21-15-8-6-12(7-9-15)11-17-18-16(20)13-4-3-5-14(19)10-13/h3-11,19H,2H2,1H3,(H,18,20)/b17-11+. The fraction of sp³-hybridized carbons (Fsp3) is 0.125. The highest BCUT2D eigenvalue weighted by Crippen LogP contribution is 2.11. The van der Waals surface area contributed by atoms with Crippen LogP contribution in [-0.2, 0) is 0 Å². The quantitative estimate of drug-likeness (QED) is 0.654. The van der Waals surface area contributed by atoms with Gasteiger partial charge in [0.15, 0.2) is 0 Å². The summed E-state index contributed by atoms with van der Waals surface area (Å²) in [4.78, 5) is 11.8. The maximum atomic E-state index is 11.8. The molecule has 0 aliphatic heterocycles. The summed E-state index contributed by atoms with van der Waals surface area (Å²) in [6, 6.07) is 13.4. The number of rotatable bonds is 5. The summed E-state index contributed by atoms with van der Waals surface area (Å²) in [6.45, 7) is 2.54. The zero-order chi connectivity index (χ0) is 15.1. The molecule has 0 aromatic heterocycles. The Hall–Kier alpha value is -2.82. The van der Waals surface area contributed by atoms with Crippen LogP contribution in [-0.4, -0.2) is 23.8 Å². The van der Waals surface area contributed by atoms with Gasteiger partial charge in [-0.1, -0.05) is 6.07 Å². The molecule has 0 unspecified atom stereocenters. The van der Waals surface area contributed by atoms with Crippen LogP contribution in [0.3, 0.4) is 0 Å². The molecule has 0 bridgehead atoms. The summed E-state index contributed by atoms with van der Waals surface area (Å²) in [5, 5.41) is 13.2. The van der Waals surface area contributed by atoms with E-state index in [0.717, 1.165) is 11.3 Å². The highest BCUT2D eigenvalue weighted by Gasteiger charge is 2.04. The molecule has 0 radical (unpaired) electrons. The number of nitrogens with one attached hydrogen (secondary N) is 1. The van der Waals surface area contributed by atoms with Crippen molar-refractivity contribution in [3.8, 4) is 11.5 Å². The van der Waals surface area contributed by atoms with Gasteiger partial charge in [0.1, 0.15) is 11.5 Å². The Bertz CT molecular complexity index is 636. The fourth-order valence-electron chi connectivity index (χ4n) is 1.69. The van der Waals surface area contributed by atoms with Crippen LogP contribution in [0.15, 0.2) is 53.6 Å². The Labute approximate surface area is 122 Å². The lowest BCUT2D eigenvalue weighted by Crippen LogP contribution is -2.17. The summed E-state index contributed by atoms with van der Waals surface area (Å²) in [7, 11) is 0. The lowest BCUT2D eigenvalue weighted by molar-refractivity contribution is 0.0954. The van der Waals surface area contributed by atoms with Gasteiger partial charge in [0, 0.05) is 5.56 Å². The van der Waals surface area contributed by atoms with Crippen LogP contribution < -0.4 is 10.2 Å². The highest BCUT2D eigenvalue weighted by atomic mass is 16.5. The van der Waals surface area contributed by atoms with Gasteiger partial charge in [-0.15, -0.1) is 0 Å². The van der Waals surface area contributed by atoms with Gasteiger partial charge in [-0.25, -0.2) is 5.43 Å². The Balaban J connectivity index is 1.94. The van der Waals surface area contributed by atoms with Crippen LogP contribution in [0, 0.1) is 0 Å². The van der Waals surface area contributed by atoms with E-state index in [4.69, 9.17) is 4.74 Å². The molecule has 1 amide bonds. The number of aromatic hydroxyl groups is 1. The van der Waals surface area contributed by atoms with Gasteiger partial charge in [0.05, 0.1) is 12.8 Å². The maximum Gasteiger partial charge on any atom is 0.271 e. The first-order chi connectivity index (χ1) is 10.2. The van der Waals surface area contributed by atoms with Crippen LogP contribution in [0.1, 0.15) is 22.8 Å². The van der Waals surface area contributed by atoms with Crippen molar-refractivity contribution >= 4 is 12.1 Å². The third kappa shape index (κ3) is 4.35. The molecule has 21 heavy (non-hydrogen) atoms. The monoisotopic (exact) mass is 284 g/mol. The Morgan fingerprint density at radius 1 is 1.29 bits per heavy atom. The molecule has 0 heterocycles. The molecule has 0 spiro atoms. The number of hydrazone groups is 1. The van der Waals surface area contributed by atoms with Crippen molar-refractivity contribution in [1.29, 1.82) is 0 Å². The van der Waals surface area contributed by atoms with E-state index < -0.39 is 0 Å². The predicted molar refractivity (Wildman–Crippen MR) is 80.8 cm³/mol. The topological polar surface area (TPSA) is 70.9 Å². The summed E-state index contributed by atoms with van der Waals surface area (Å²) in [5.74, 6) is 0.449. The van der Waals surface area contributed by atoms with E-state index in [1.165, 1.54) is 18.3 Å². The molecule has 0 atom stereocenters. The first-order valence-corrected chi connectivity index (χ1v) is 6.54. The van der Waals surface area contributed by atoms with Gasteiger partial charge in [-0.05, 0) is 55.0 Å². The zero-order valence-electron chi connectivity index (χ0n) is 11.6. The smallest absolute Gasteiger partial charge is 0.271 e. The van der Waals surface area contributed by atoms with E-state index in [-0.39, 0.29) is 11.7 Å². The van der Waals surface area contributed by atoms with Crippen LogP contribution in [0.2, 0.25) is 0 Å². The van der Waals surface area contributed by atoms with Gasteiger partial charge < -0.3 is 9.84 Å². The normalized spacial score (nSPS) is 10.5. The number of carbonyl (C=O) groups excluding carboxylic acids is 1. The van der Waals surface area contributed by atoms with E-state index in [1.807, 2.05) is 31.2 Å². The average molecular weight is 284 g/mol. The largest absolute Gasteiger partial charge is 0.508 e. The molecule has 2 rings (SSSR count). The van der Waals surface area contributed by atoms with Crippen LogP contribution in [0.5, 0.6) is 11.5 Å². The number of hydrogen-bond donors (Lipinski definition) is 2. The summed E-state index contributed by atoms with van der Waals surface area (Å²) in [5.41, 5.74) is 3.59. The minimum atomic E-state index is -0.381. The molecule has 5 nitrogen and oxygen atoms in total. The number of benzene rings is 2. The van der Waals surface area contributed by atoms with Crippen molar-refractivity contribution in [1.82, 2.24) is 5.43 Å². The zero-order valence-corrected chi connectivity index (χ0v) is 11.6. The summed E-state index contributed by atoms with van der Waals surface area (Å²) < 4.78 is 5.33. The van der Waals surface area contributed by atoms with Crippen molar-refractivity contribution in [2.45, 2.75) is 6.92 Å². The molecule has 108 valence electrons. The van der Waals surface area contributed by atoms with Crippen molar-refractivity contribution in [3.05, 3.63) is 59.7 Å². The van der Waals surface area contributed by atoms with Gasteiger partial charge >= 0.3 is 0 Å². The minimum absolute atomic E-state index is 0.0399. The molecule has 2 aromatic rings. The van der Waals surface area contributed by atoms with Gasteiger partial charge in [-0.3, -0.25) is 4.79 Å². The number of ether oxygens (including phenoxy) is 1. The van der Waals surface area contributed by atoms with Gasteiger partial charge in [0.25, 0.3) is 5.91 Å². The van der Waals surface area contributed by atoms with Crippen molar-refractivity contribution in [3.63, 3.8) is 0 Å². The molecular formula is C16H16N2O3. The second-order valence-corrected chi connectivity index (χ2v) is 4.25. The van der Waals surface area contributed by atoms with E-state index in [9.17, 15) is 9.90 Å². The number of amides is 1. The van der Waals surface area contributed by atoms with Crippen LogP contribution in [0.25, 0.3) is 0 Å². The number of phenols is 1. The summed E-state index contributed by atoms with van der Waals surface area (Å²) >= 11 is 0. The first kappa shape index (κ1) is 14.6. The Morgan fingerprint density at radius 2 is 2.05 bits per heavy atom. The lowest BCUT2D eigenvalue weighted by atomic mass is 10.2. The van der Waals surface area contributed by atoms with Crippen molar-refractivity contribution < 1.29 is 14.6 Å². The molecule has 0 aliphatic carbocycles. The molecule has 0 aliphatic rings. The van der Waals surface area contributed by atoms with E-state index in [1.54, 1.807) is 12.1 Å². The number of hydrogen-bond acceptors (Lipinski definition) is 4. The molecule has 5 heteroatoms. The van der Waals surface area contributed by atoms with Crippen LogP contribution in [0.4, 0.5) is 0 Å². The molecule has 0 fully saturated rings. The summed E-state index contributed by atoms with van der Waals surface area (Å²) in [6.07, 6.45) is 1.54. The third-order valence-electron chi connectivity index (χ3n) is 2.68. The minimum Gasteiger partial charge on any atom is -0.508 e. The number of carbonyl (C=O) groups is 1. The predicted octanol–water partition coefficient (Wildman–Crippen LogP) is 2.55. The maximum absolute atomic E-state index is 11.8.